The molecule has 5 nitrogen and oxygen atoms in total. The summed E-state index contributed by atoms with van der Waals surface area (Å²) in [6.45, 7) is 9.97. The summed E-state index contributed by atoms with van der Waals surface area (Å²) in [6, 6.07) is 0. The number of aliphatic hydroxyl groups is 1. The van der Waals surface area contributed by atoms with Crippen LogP contribution in [0.25, 0.3) is 0 Å². The number of aldehydes is 2. The summed E-state index contributed by atoms with van der Waals surface area (Å²) in [4.78, 5) is 24.6. The van der Waals surface area contributed by atoms with Gasteiger partial charge in [-0.05, 0) is 79.4 Å². The van der Waals surface area contributed by atoms with Gasteiger partial charge in [0.1, 0.15) is 12.6 Å². The van der Waals surface area contributed by atoms with Crippen LogP contribution >= 0.6 is 0 Å². The first kappa shape index (κ1) is 23.0. The van der Waals surface area contributed by atoms with E-state index < -0.39 is 11.9 Å². The lowest BCUT2D eigenvalue weighted by atomic mass is 9.48. The molecule has 1 unspecified atom stereocenters. The molecule has 180 valence electrons. The Balaban J connectivity index is 1.41. The number of fused-ring (bicyclic) bond motifs is 3. The molecule has 5 aliphatic rings. The number of hydrogen-bond donors (Lipinski definition) is 1. The third-order valence-electron chi connectivity index (χ3n) is 11.2. The zero-order valence-electron chi connectivity index (χ0n) is 20.3. The fraction of sp³-hybridized carbons (Fsp3) is 0.926. The molecule has 0 aromatic carbocycles. The number of aliphatic hydroxyl groups excluding tert-OH is 1. The number of carbonyl (C=O) groups excluding carboxylic acids is 2. The maximum Gasteiger partial charge on any atom is 0.171 e. The van der Waals surface area contributed by atoms with Gasteiger partial charge >= 0.3 is 0 Å². The van der Waals surface area contributed by atoms with Crippen molar-refractivity contribution in [2.75, 3.05) is 6.61 Å². The van der Waals surface area contributed by atoms with E-state index in [0.717, 1.165) is 57.8 Å². The molecule has 32 heavy (non-hydrogen) atoms. The highest BCUT2D eigenvalue weighted by atomic mass is 16.7. The second-order valence-electron chi connectivity index (χ2n) is 12.6. The molecule has 1 spiro atoms. The lowest BCUT2D eigenvalue weighted by Crippen LogP contribution is -2.53. The number of hydrogen-bond acceptors (Lipinski definition) is 5. The SMILES string of the molecule is CC1CC[C@@]2(OC1)O[C@H]1C[C@H]3[C@H](C=O)[C@@H]([C@@]4(C)CC[C@H](O)C[C@@H]4C=O)CC[C@]3(C)[C@H]1[C@@H]2C. The Morgan fingerprint density at radius 2 is 1.66 bits per heavy atom. The fourth-order valence-electron chi connectivity index (χ4n) is 9.19. The van der Waals surface area contributed by atoms with Crippen LogP contribution < -0.4 is 0 Å². The van der Waals surface area contributed by atoms with Gasteiger partial charge in [0.05, 0.1) is 18.8 Å². The number of rotatable bonds is 3. The summed E-state index contributed by atoms with van der Waals surface area (Å²) >= 11 is 0. The predicted octanol–water partition coefficient (Wildman–Crippen LogP) is 4.40. The van der Waals surface area contributed by atoms with Crippen LogP contribution in [0, 0.1) is 52.3 Å². The van der Waals surface area contributed by atoms with Gasteiger partial charge in [0.2, 0.25) is 0 Å². The van der Waals surface area contributed by atoms with Gasteiger partial charge in [-0.15, -0.1) is 0 Å². The lowest BCUT2D eigenvalue weighted by Gasteiger charge is -2.55. The maximum absolute atomic E-state index is 12.6. The molecule has 2 aliphatic heterocycles. The second kappa shape index (κ2) is 7.88. The molecule has 1 N–H and O–H groups in total. The molecule has 0 aromatic rings. The van der Waals surface area contributed by atoms with Crippen LogP contribution in [0.5, 0.6) is 0 Å². The van der Waals surface area contributed by atoms with Crippen molar-refractivity contribution in [2.45, 2.75) is 97.1 Å². The van der Waals surface area contributed by atoms with Crippen LogP contribution in [0.1, 0.15) is 79.1 Å². The van der Waals surface area contributed by atoms with Crippen molar-refractivity contribution in [3.63, 3.8) is 0 Å². The van der Waals surface area contributed by atoms with Gasteiger partial charge in [-0.2, -0.15) is 0 Å². The van der Waals surface area contributed by atoms with Crippen LogP contribution in [0.4, 0.5) is 0 Å². The lowest BCUT2D eigenvalue weighted by molar-refractivity contribution is -0.272. The molecular formula is C27H42O5. The van der Waals surface area contributed by atoms with Crippen LogP contribution in [-0.2, 0) is 19.1 Å². The van der Waals surface area contributed by atoms with Gasteiger partial charge in [0, 0.05) is 24.2 Å². The van der Waals surface area contributed by atoms with E-state index in [0.29, 0.717) is 30.1 Å². The summed E-state index contributed by atoms with van der Waals surface area (Å²) in [5, 5.41) is 10.2. The molecule has 12 atom stereocenters. The number of ether oxygens (including phenoxy) is 2. The zero-order chi connectivity index (χ0) is 22.9. The zero-order valence-corrected chi connectivity index (χ0v) is 20.3. The van der Waals surface area contributed by atoms with Gasteiger partial charge in [-0.25, -0.2) is 0 Å². The Morgan fingerprint density at radius 1 is 0.906 bits per heavy atom. The quantitative estimate of drug-likeness (QED) is 0.651. The Bertz CT molecular complexity index is 744. The molecule has 2 saturated heterocycles. The first-order valence-corrected chi connectivity index (χ1v) is 13.1. The summed E-state index contributed by atoms with van der Waals surface area (Å²) in [5.41, 5.74) is -0.134. The minimum absolute atomic E-state index is 0.0407. The molecule has 0 bridgehead atoms. The first-order chi connectivity index (χ1) is 15.2. The summed E-state index contributed by atoms with van der Waals surface area (Å²) in [7, 11) is 0. The van der Waals surface area contributed by atoms with Gasteiger partial charge < -0.3 is 24.2 Å². The Kier molecular flexibility index (Phi) is 5.66. The highest BCUT2D eigenvalue weighted by Crippen LogP contribution is 2.68. The van der Waals surface area contributed by atoms with Crippen molar-refractivity contribution >= 4 is 12.6 Å². The first-order valence-electron chi connectivity index (χ1n) is 13.1. The van der Waals surface area contributed by atoms with E-state index in [1.54, 1.807) is 0 Å². The predicted molar refractivity (Wildman–Crippen MR) is 121 cm³/mol. The van der Waals surface area contributed by atoms with Crippen molar-refractivity contribution in [1.82, 2.24) is 0 Å². The molecule has 0 radical (unpaired) electrons. The highest BCUT2D eigenvalue weighted by molar-refractivity contribution is 5.59. The third-order valence-corrected chi connectivity index (χ3v) is 11.2. The van der Waals surface area contributed by atoms with Gasteiger partial charge in [-0.1, -0.05) is 27.7 Å². The topological polar surface area (TPSA) is 72.8 Å². The fourth-order valence-corrected chi connectivity index (χ4v) is 9.19. The monoisotopic (exact) mass is 446 g/mol. The molecule has 3 saturated carbocycles. The molecule has 0 amide bonds. The molecule has 0 aromatic heterocycles. The summed E-state index contributed by atoms with van der Waals surface area (Å²) < 4.78 is 13.1. The molecule has 5 fully saturated rings. The second-order valence-corrected chi connectivity index (χ2v) is 12.6. The van der Waals surface area contributed by atoms with E-state index in [1.165, 1.54) is 6.29 Å². The molecule has 5 heteroatoms. The summed E-state index contributed by atoms with van der Waals surface area (Å²) in [6.07, 6.45) is 9.25. The standard InChI is InChI=1S/C27H42O5/c1-16-5-10-27(31-15-16)17(2)24-23(32-27)12-22-20(14-29)21(7-9-26(22,24)4)25(3)8-6-19(30)11-18(25)13-28/h13-14,16-24,30H,5-12,15H2,1-4H3/t16?,17-,18+,19-,20+,21-,22-,23-,24-,25-,26-,27+/m0/s1. The highest BCUT2D eigenvalue weighted by Gasteiger charge is 2.68. The van der Waals surface area contributed by atoms with E-state index in [4.69, 9.17) is 9.47 Å². The van der Waals surface area contributed by atoms with Crippen LogP contribution in [0.2, 0.25) is 0 Å². The van der Waals surface area contributed by atoms with Crippen LogP contribution in [0.15, 0.2) is 0 Å². The number of carbonyl (C=O) groups is 2. The van der Waals surface area contributed by atoms with Crippen LogP contribution in [-0.4, -0.2) is 42.3 Å². The van der Waals surface area contributed by atoms with Crippen LogP contribution in [0.3, 0.4) is 0 Å². The third kappa shape index (κ3) is 3.13. The average molecular weight is 447 g/mol. The minimum atomic E-state index is -0.433. The molecular weight excluding hydrogens is 404 g/mol. The average Bonchev–Trinajstić information content (AvgIpc) is 3.21. The van der Waals surface area contributed by atoms with Gasteiger partial charge in [0.15, 0.2) is 5.79 Å². The van der Waals surface area contributed by atoms with Gasteiger partial charge in [0.25, 0.3) is 0 Å². The Morgan fingerprint density at radius 3 is 2.31 bits per heavy atom. The summed E-state index contributed by atoms with van der Waals surface area (Å²) in [5.74, 6) is 1.21. The Labute approximate surface area is 193 Å². The molecule has 3 aliphatic carbocycles. The van der Waals surface area contributed by atoms with Gasteiger partial charge in [-0.3, -0.25) is 0 Å². The van der Waals surface area contributed by atoms with Crippen molar-refractivity contribution in [3.8, 4) is 0 Å². The maximum atomic E-state index is 12.6. The van der Waals surface area contributed by atoms with E-state index in [1.807, 2.05) is 0 Å². The van der Waals surface area contributed by atoms with Crippen molar-refractivity contribution < 1.29 is 24.2 Å². The van der Waals surface area contributed by atoms with E-state index >= 15 is 0 Å². The minimum Gasteiger partial charge on any atom is -0.393 e. The molecule has 5 rings (SSSR count). The smallest absolute Gasteiger partial charge is 0.171 e. The normalized spacial score (nSPS) is 57.7. The van der Waals surface area contributed by atoms with Crippen molar-refractivity contribution in [2.24, 2.45) is 52.3 Å². The van der Waals surface area contributed by atoms with Crippen molar-refractivity contribution in [3.05, 3.63) is 0 Å². The van der Waals surface area contributed by atoms with Crippen molar-refractivity contribution in [1.29, 1.82) is 0 Å². The van der Waals surface area contributed by atoms with E-state index in [9.17, 15) is 14.7 Å². The van der Waals surface area contributed by atoms with E-state index in [-0.39, 0.29) is 34.7 Å². The largest absolute Gasteiger partial charge is 0.393 e. The molecule has 2 heterocycles. The Hall–Kier alpha value is -0.780. The van der Waals surface area contributed by atoms with E-state index in [2.05, 4.69) is 27.7 Å².